The molecule has 1 amide bonds. The van der Waals surface area contributed by atoms with Crippen molar-refractivity contribution in [2.24, 2.45) is 5.92 Å². The van der Waals surface area contributed by atoms with E-state index in [1.807, 2.05) is 24.0 Å². The van der Waals surface area contributed by atoms with Gasteiger partial charge in [0.2, 0.25) is 0 Å². The molecule has 0 radical (unpaired) electrons. The summed E-state index contributed by atoms with van der Waals surface area (Å²) in [5.74, 6) is 0.268. The smallest absolute Gasteiger partial charge is 0.253 e. The molecule has 1 saturated carbocycles. The van der Waals surface area contributed by atoms with Gasteiger partial charge in [-0.2, -0.15) is 0 Å². The van der Waals surface area contributed by atoms with Crippen molar-refractivity contribution in [2.75, 3.05) is 18.8 Å². The van der Waals surface area contributed by atoms with E-state index in [1.165, 1.54) is 0 Å². The first-order chi connectivity index (χ1) is 9.98. The Morgan fingerprint density at radius 1 is 1.33 bits per heavy atom. The third-order valence-corrected chi connectivity index (χ3v) is 5.06. The molecule has 0 bridgehead atoms. The van der Waals surface area contributed by atoms with Crippen molar-refractivity contribution in [1.82, 2.24) is 4.90 Å². The number of benzene rings is 1. The molecule has 0 aromatic heterocycles. The lowest BCUT2D eigenvalue weighted by Crippen LogP contribution is -2.54. The monoisotopic (exact) mass is 288 g/mol. The topological polar surface area (TPSA) is 66.6 Å². The van der Waals surface area contributed by atoms with Crippen LogP contribution in [0.1, 0.15) is 48.0 Å². The first kappa shape index (κ1) is 14.4. The number of fused-ring (bicyclic) bond motifs is 1. The van der Waals surface area contributed by atoms with Gasteiger partial charge in [0.05, 0.1) is 5.60 Å². The molecule has 4 heteroatoms. The van der Waals surface area contributed by atoms with Gasteiger partial charge in [0.25, 0.3) is 5.91 Å². The fourth-order valence-corrected chi connectivity index (χ4v) is 3.87. The van der Waals surface area contributed by atoms with E-state index in [4.69, 9.17) is 5.73 Å². The molecular formula is C17H24N2O2. The number of carbonyl (C=O) groups excluding carboxylic acids is 1. The normalized spacial score (nSPS) is 29.0. The molecule has 1 aliphatic carbocycles. The summed E-state index contributed by atoms with van der Waals surface area (Å²) in [7, 11) is 0. The van der Waals surface area contributed by atoms with E-state index < -0.39 is 5.60 Å². The summed E-state index contributed by atoms with van der Waals surface area (Å²) in [6, 6.07) is 5.50. The molecule has 2 aliphatic rings. The van der Waals surface area contributed by atoms with E-state index in [0.29, 0.717) is 30.8 Å². The maximum atomic E-state index is 12.7. The number of aryl methyl sites for hydroxylation is 1. The maximum absolute atomic E-state index is 12.7. The first-order valence-corrected chi connectivity index (χ1v) is 7.87. The molecule has 1 aromatic carbocycles. The molecule has 3 rings (SSSR count). The number of hydrogen-bond donors (Lipinski definition) is 2. The van der Waals surface area contributed by atoms with Crippen LogP contribution in [0.25, 0.3) is 0 Å². The van der Waals surface area contributed by atoms with Gasteiger partial charge in [-0.15, -0.1) is 0 Å². The third kappa shape index (κ3) is 2.77. The SMILES string of the molecule is Cc1cc(N)cc(C(=O)N2CCC3(O)CCCCC3C2)c1. The molecule has 4 nitrogen and oxygen atoms in total. The molecule has 1 aromatic rings. The van der Waals surface area contributed by atoms with Crippen LogP contribution in [0, 0.1) is 12.8 Å². The second-order valence-corrected chi connectivity index (χ2v) is 6.68. The molecule has 1 heterocycles. The Morgan fingerprint density at radius 3 is 2.90 bits per heavy atom. The minimum Gasteiger partial charge on any atom is -0.399 e. The van der Waals surface area contributed by atoms with Crippen molar-refractivity contribution in [2.45, 2.75) is 44.6 Å². The average molecular weight is 288 g/mol. The summed E-state index contributed by atoms with van der Waals surface area (Å²) in [6.07, 6.45) is 4.87. The van der Waals surface area contributed by atoms with E-state index in [-0.39, 0.29) is 11.8 Å². The van der Waals surface area contributed by atoms with Crippen molar-refractivity contribution < 1.29 is 9.90 Å². The highest BCUT2D eigenvalue weighted by molar-refractivity contribution is 5.95. The van der Waals surface area contributed by atoms with Gasteiger partial charge in [-0.3, -0.25) is 4.79 Å². The number of carbonyl (C=O) groups is 1. The van der Waals surface area contributed by atoms with Crippen LogP contribution in [0.5, 0.6) is 0 Å². The predicted molar refractivity (Wildman–Crippen MR) is 83.0 cm³/mol. The van der Waals surface area contributed by atoms with Crippen molar-refractivity contribution in [3.63, 3.8) is 0 Å². The molecule has 1 aliphatic heterocycles. The Morgan fingerprint density at radius 2 is 2.14 bits per heavy atom. The molecule has 1 saturated heterocycles. The quantitative estimate of drug-likeness (QED) is 0.780. The second-order valence-electron chi connectivity index (χ2n) is 6.68. The highest BCUT2D eigenvalue weighted by atomic mass is 16.3. The number of hydrogen-bond acceptors (Lipinski definition) is 3. The lowest BCUT2D eigenvalue weighted by Gasteiger charge is -2.47. The standard InChI is InChI=1S/C17H24N2O2/c1-12-8-13(10-15(18)9-12)16(20)19-7-6-17(21)5-3-2-4-14(17)11-19/h8-10,14,21H,2-7,11,18H2,1H3. The predicted octanol–water partition coefficient (Wildman–Crippen LogP) is 2.34. The van der Waals surface area contributed by atoms with Gasteiger partial charge in [-0.25, -0.2) is 0 Å². The van der Waals surface area contributed by atoms with E-state index in [1.54, 1.807) is 6.07 Å². The number of amides is 1. The molecule has 2 unspecified atom stereocenters. The number of rotatable bonds is 1. The summed E-state index contributed by atoms with van der Waals surface area (Å²) in [5.41, 5.74) is 7.60. The molecule has 0 spiro atoms. The van der Waals surface area contributed by atoms with E-state index in [0.717, 1.165) is 31.2 Å². The van der Waals surface area contributed by atoms with Crippen LogP contribution in [0.3, 0.4) is 0 Å². The van der Waals surface area contributed by atoms with Crippen molar-refractivity contribution >= 4 is 11.6 Å². The number of likely N-dealkylation sites (tertiary alicyclic amines) is 1. The highest BCUT2D eigenvalue weighted by Crippen LogP contribution is 2.40. The Balaban J connectivity index is 1.77. The molecular weight excluding hydrogens is 264 g/mol. The number of anilines is 1. The van der Waals surface area contributed by atoms with Crippen LogP contribution < -0.4 is 5.73 Å². The summed E-state index contributed by atoms with van der Waals surface area (Å²) >= 11 is 0. The Bertz CT molecular complexity index is 537. The highest BCUT2D eigenvalue weighted by Gasteiger charge is 2.43. The Kier molecular flexibility index (Phi) is 3.66. The van der Waals surface area contributed by atoms with Crippen molar-refractivity contribution in [1.29, 1.82) is 0 Å². The Hall–Kier alpha value is -1.55. The molecule has 2 atom stereocenters. The molecule has 3 N–H and O–H groups in total. The van der Waals surface area contributed by atoms with E-state index >= 15 is 0 Å². The number of nitrogens with zero attached hydrogens (tertiary/aromatic N) is 1. The number of aliphatic hydroxyl groups is 1. The van der Waals surface area contributed by atoms with Gasteiger partial charge in [0.15, 0.2) is 0 Å². The van der Waals surface area contributed by atoms with E-state index in [2.05, 4.69) is 0 Å². The van der Waals surface area contributed by atoms with Gasteiger partial charge >= 0.3 is 0 Å². The average Bonchev–Trinajstić information content (AvgIpc) is 2.44. The van der Waals surface area contributed by atoms with Gasteiger partial charge < -0.3 is 15.7 Å². The van der Waals surface area contributed by atoms with Gasteiger partial charge in [0.1, 0.15) is 0 Å². The van der Waals surface area contributed by atoms with Crippen molar-refractivity contribution in [3.8, 4) is 0 Å². The van der Waals surface area contributed by atoms with Crippen LogP contribution in [-0.2, 0) is 0 Å². The summed E-state index contributed by atoms with van der Waals surface area (Å²) in [5, 5.41) is 10.7. The summed E-state index contributed by atoms with van der Waals surface area (Å²) < 4.78 is 0. The zero-order chi connectivity index (χ0) is 15.0. The number of nitrogens with two attached hydrogens (primary N) is 1. The summed E-state index contributed by atoms with van der Waals surface area (Å²) in [6.45, 7) is 3.26. The lowest BCUT2D eigenvalue weighted by atomic mass is 9.71. The second kappa shape index (κ2) is 5.34. The minimum absolute atomic E-state index is 0.0398. The molecule has 2 fully saturated rings. The zero-order valence-electron chi connectivity index (χ0n) is 12.6. The lowest BCUT2D eigenvalue weighted by molar-refractivity contribution is -0.0886. The van der Waals surface area contributed by atoms with Gasteiger partial charge in [0, 0.05) is 30.3 Å². The van der Waals surface area contributed by atoms with Crippen LogP contribution >= 0.6 is 0 Å². The first-order valence-electron chi connectivity index (χ1n) is 7.87. The maximum Gasteiger partial charge on any atom is 0.253 e. The Labute approximate surface area is 125 Å². The fourth-order valence-electron chi connectivity index (χ4n) is 3.87. The van der Waals surface area contributed by atoms with Crippen LogP contribution in [0.15, 0.2) is 18.2 Å². The fraction of sp³-hybridized carbons (Fsp3) is 0.588. The number of piperidine rings is 1. The van der Waals surface area contributed by atoms with Crippen LogP contribution in [0.4, 0.5) is 5.69 Å². The van der Waals surface area contributed by atoms with E-state index in [9.17, 15) is 9.90 Å². The van der Waals surface area contributed by atoms with Crippen molar-refractivity contribution in [3.05, 3.63) is 29.3 Å². The third-order valence-electron chi connectivity index (χ3n) is 5.06. The largest absolute Gasteiger partial charge is 0.399 e. The summed E-state index contributed by atoms with van der Waals surface area (Å²) in [4.78, 5) is 14.6. The van der Waals surface area contributed by atoms with Gasteiger partial charge in [-0.05, 0) is 49.9 Å². The van der Waals surface area contributed by atoms with Crippen LogP contribution in [0.2, 0.25) is 0 Å². The van der Waals surface area contributed by atoms with Crippen LogP contribution in [-0.4, -0.2) is 34.6 Å². The number of nitrogen functional groups attached to an aromatic ring is 1. The molecule has 21 heavy (non-hydrogen) atoms. The minimum atomic E-state index is -0.541. The molecule has 114 valence electrons. The zero-order valence-corrected chi connectivity index (χ0v) is 12.6. The van der Waals surface area contributed by atoms with Gasteiger partial charge in [-0.1, -0.05) is 12.8 Å².